The molecule has 0 saturated carbocycles. The summed E-state index contributed by atoms with van der Waals surface area (Å²) in [6.07, 6.45) is 1.54. The molecule has 0 unspecified atom stereocenters. The van der Waals surface area contributed by atoms with Crippen molar-refractivity contribution in [2.24, 2.45) is 0 Å². The molecule has 0 radical (unpaired) electrons. The van der Waals surface area contributed by atoms with Crippen LogP contribution >= 0.6 is 0 Å². The van der Waals surface area contributed by atoms with E-state index in [-0.39, 0.29) is 0 Å². The highest BCUT2D eigenvalue weighted by Crippen LogP contribution is 2.50. The number of hydrogen-bond acceptors (Lipinski definition) is 2. The second-order valence-corrected chi connectivity index (χ2v) is 6.48. The average molecular weight is 319 g/mol. The van der Waals surface area contributed by atoms with Gasteiger partial charge in [0.2, 0.25) is 0 Å². The molecule has 0 N–H and O–H groups in total. The van der Waals surface area contributed by atoms with Crippen LogP contribution in [-0.2, 0) is 0 Å². The van der Waals surface area contributed by atoms with Gasteiger partial charge in [-0.3, -0.25) is 0 Å². The van der Waals surface area contributed by atoms with Crippen LogP contribution in [0.2, 0.25) is 0 Å². The SMILES string of the molecule is c1ccc(-c2cc3c4c(cc5ncoc5c4c2)-c2ccccc2-3)cc1. The van der Waals surface area contributed by atoms with E-state index in [0.29, 0.717) is 0 Å². The predicted octanol–water partition coefficient (Wildman–Crippen LogP) is 6.30. The molecule has 116 valence electrons. The fourth-order valence-electron chi connectivity index (χ4n) is 4.05. The number of oxazole rings is 1. The van der Waals surface area contributed by atoms with Crippen LogP contribution in [0, 0.1) is 0 Å². The maximum Gasteiger partial charge on any atom is 0.182 e. The molecule has 25 heavy (non-hydrogen) atoms. The van der Waals surface area contributed by atoms with Gasteiger partial charge in [0.1, 0.15) is 5.52 Å². The van der Waals surface area contributed by atoms with Crippen molar-refractivity contribution in [1.82, 2.24) is 4.98 Å². The van der Waals surface area contributed by atoms with Crippen molar-refractivity contribution in [3.8, 4) is 33.4 Å². The first-order chi connectivity index (χ1) is 12.4. The molecular weight excluding hydrogens is 306 g/mol. The lowest BCUT2D eigenvalue weighted by Gasteiger charge is -2.08. The van der Waals surface area contributed by atoms with Crippen LogP contribution in [0.1, 0.15) is 0 Å². The third kappa shape index (κ3) is 1.66. The lowest BCUT2D eigenvalue weighted by Crippen LogP contribution is -1.83. The highest BCUT2D eigenvalue weighted by molar-refractivity contribution is 6.22. The molecule has 2 nitrogen and oxygen atoms in total. The van der Waals surface area contributed by atoms with Gasteiger partial charge in [0.05, 0.1) is 0 Å². The molecule has 0 amide bonds. The van der Waals surface area contributed by atoms with Crippen molar-refractivity contribution in [1.29, 1.82) is 0 Å². The van der Waals surface area contributed by atoms with Crippen molar-refractivity contribution in [3.63, 3.8) is 0 Å². The van der Waals surface area contributed by atoms with E-state index in [2.05, 4.69) is 71.7 Å². The summed E-state index contributed by atoms with van der Waals surface area (Å²) in [6, 6.07) is 25.8. The summed E-state index contributed by atoms with van der Waals surface area (Å²) in [5.41, 5.74) is 9.28. The van der Waals surface area contributed by atoms with E-state index in [4.69, 9.17) is 4.42 Å². The fourth-order valence-corrected chi connectivity index (χ4v) is 4.05. The molecule has 1 aliphatic rings. The molecule has 2 heteroatoms. The predicted molar refractivity (Wildman–Crippen MR) is 101 cm³/mol. The molecule has 1 aromatic heterocycles. The third-order valence-corrected chi connectivity index (χ3v) is 5.14. The quantitative estimate of drug-likeness (QED) is 0.355. The number of aromatic nitrogens is 1. The zero-order valence-corrected chi connectivity index (χ0v) is 13.4. The molecule has 0 bridgehead atoms. The molecule has 1 heterocycles. The second kappa shape index (κ2) is 4.58. The number of rotatable bonds is 1. The van der Waals surface area contributed by atoms with Crippen molar-refractivity contribution >= 4 is 21.9 Å². The van der Waals surface area contributed by atoms with E-state index in [1.165, 1.54) is 45.2 Å². The Morgan fingerprint density at radius 2 is 1.36 bits per heavy atom. The van der Waals surface area contributed by atoms with Crippen LogP contribution in [0.25, 0.3) is 55.3 Å². The summed E-state index contributed by atoms with van der Waals surface area (Å²) in [5, 5.41) is 2.41. The topological polar surface area (TPSA) is 26.0 Å². The van der Waals surface area contributed by atoms with Gasteiger partial charge in [0, 0.05) is 10.8 Å². The van der Waals surface area contributed by atoms with Gasteiger partial charge in [-0.1, -0.05) is 54.6 Å². The molecule has 0 fully saturated rings. The highest BCUT2D eigenvalue weighted by atomic mass is 16.3. The Balaban J connectivity index is 1.83. The minimum Gasteiger partial charge on any atom is -0.443 e. The van der Waals surface area contributed by atoms with Gasteiger partial charge < -0.3 is 4.42 Å². The summed E-state index contributed by atoms with van der Waals surface area (Å²) in [6.45, 7) is 0. The lowest BCUT2D eigenvalue weighted by molar-refractivity contribution is 0.605. The summed E-state index contributed by atoms with van der Waals surface area (Å²) < 4.78 is 5.75. The van der Waals surface area contributed by atoms with Crippen molar-refractivity contribution in [3.05, 3.63) is 79.2 Å². The summed E-state index contributed by atoms with van der Waals surface area (Å²) in [4.78, 5) is 4.41. The van der Waals surface area contributed by atoms with E-state index in [9.17, 15) is 0 Å². The first-order valence-corrected chi connectivity index (χ1v) is 8.39. The van der Waals surface area contributed by atoms with E-state index < -0.39 is 0 Å². The number of hydrogen-bond donors (Lipinski definition) is 0. The van der Waals surface area contributed by atoms with Gasteiger partial charge in [-0.05, 0) is 51.6 Å². The van der Waals surface area contributed by atoms with Crippen molar-refractivity contribution in [2.75, 3.05) is 0 Å². The smallest absolute Gasteiger partial charge is 0.182 e. The van der Waals surface area contributed by atoms with Gasteiger partial charge in [0.25, 0.3) is 0 Å². The Morgan fingerprint density at radius 3 is 2.16 bits per heavy atom. The minimum absolute atomic E-state index is 0.866. The normalized spacial score (nSPS) is 12.0. The van der Waals surface area contributed by atoms with Crippen molar-refractivity contribution in [2.45, 2.75) is 0 Å². The van der Waals surface area contributed by atoms with E-state index in [0.717, 1.165) is 16.5 Å². The zero-order chi connectivity index (χ0) is 16.4. The van der Waals surface area contributed by atoms with E-state index >= 15 is 0 Å². The monoisotopic (exact) mass is 319 g/mol. The number of nitrogens with zero attached hydrogens (tertiary/aromatic N) is 1. The summed E-state index contributed by atoms with van der Waals surface area (Å²) in [5.74, 6) is 0. The van der Waals surface area contributed by atoms with Crippen molar-refractivity contribution < 1.29 is 4.42 Å². The first-order valence-electron chi connectivity index (χ1n) is 8.39. The van der Waals surface area contributed by atoms with E-state index in [1.54, 1.807) is 0 Å². The molecule has 1 aliphatic carbocycles. The Hall–Kier alpha value is -3.39. The lowest BCUT2D eigenvalue weighted by atomic mass is 9.95. The Kier molecular flexibility index (Phi) is 2.37. The first kappa shape index (κ1) is 13.0. The van der Waals surface area contributed by atoms with Crippen LogP contribution in [0.4, 0.5) is 0 Å². The average Bonchev–Trinajstić information content (AvgIpc) is 3.27. The van der Waals surface area contributed by atoms with Gasteiger partial charge >= 0.3 is 0 Å². The molecule has 0 atom stereocenters. The number of fused-ring (bicyclic) bond motifs is 5. The minimum atomic E-state index is 0.866. The van der Waals surface area contributed by atoms with Crippen LogP contribution in [-0.4, -0.2) is 4.98 Å². The van der Waals surface area contributed by atoms with Gasteiger partial charge in [-0.15, -0.1) is 0 Å². The van der Waals surface area contributed by atoms with Crippen LogP contribution in [0.15, 0.2) is 83.6 Å². The van der Waals surface area contributed by atoms with Gasteiger partial charge in [-0.2, -0.15) is 0 Å². The summed E-state index contributed by atoms with van der Waals surface area (Å²) >= 11 is 0. The van der Waals surface area contributed by atoms with Crippen LogP contribution < -0.4 is 0 Å². The number of benzene rings is 4. The third-order valence-electron chi connectivity index (χ3n) is 5.14. The molecule has 0 aliphatic heterocycles. The van der Waals surface area contributed by atoms with Crippen LogP contribution in [0.5, 0.6) is 0 Å². The molecule has 0 spiro atoms. The zero-order valence-electron chi connectivity index (χ0n) is 13.4. The van der Waals surface area contributed by atoms with Gasteiger partial charge in [0.15, 0.2) is 12.0 Å². The molecular formula is C23H13NO. The maximum atomic E-state index is 5.75. The molecule has 6 rings (SSSR count). The Labute approximate surface area is 144 Å². The van der Waals surface area contributed by atoms with Crippen LogP contribution in [0.3, 0.4) is 0 Å². The molecule has 4 aromatic carbocycles. The summed E-state index contributed by atoms with van der Waals surface area (Å²) in [7, 11) is 0. The van der Waals surface area contributed by atoms with Gasteiger partial charge in [-0.25, -0.2) is 4.98 Å². The Morgan fingerprint density at radius 1 is 0.640 bits per heavy atom. The standard InChI is InChI=1S/C23H13NO/c1-2-6-14(7-3-1)15-10-18-16-8-4-5-9-17(16)19-12-21-23(25-13-24-21)20(11-15)22(18)19/h1-13H. The Bertz CT molecular complexity index is 1280. The van der Waals surface area contributed by atoms with E-state index in [1.807, 2.05) is 6.07 Å². The second-order valence-electron chi connectivity index (χ2n) is 6.48. The molecule has 0 saturated heterocycles. The highest BCUT2D eigenvalue weighted by Gasteiger charge is 2.24. The fraction of sp³-hybridized carbons (Fsp3) is 0. The maximum absolute atomic E-state index is 5.75. The molecule has 5 aromatic rings. The largest absolute Gasteiger partial charge is 0.443 e.